The van der Waals surface area contributed by atoms with Gasteiger partial charge in [0, 0.05) is 6.04 Å². The van der Waals surface area contributed by atoms with Crippen LogP contribution in [-0.2, 0) is 0 Å². The highest BCUT2D eigenvalue weighted by Crippen LogP contribution is 2.27. The van der Waals surface area contributed by atoms with Gasteiger partial charge in [-0.15, -0.1) is 0 Å². The van der Waals surface area contributed by atoms with Gasteiger partial charge in [-0.2, -0.15) is 0 Å². The lowest BCUT2D eigenvalue weighted by Gasteiger charge is -2.20. The van der Waals surface area contributed by atoms with Gasteiger partial charge in [0.25, 0.3) is 0 Å². The molecule has 1 saturated carbocycles. The highest BCUT2D eigenvalue weighted by atomic mass is 19.1. The average molecular weight is 277 g/mol. The molecule has 0 aliphatic heterocycles. The van der Waals surface area contributed by atoms with Gasteiger partial charge < -0.3 is 5.32 Å². The van der Waals surface area contributed by atoms with Crippen LogP contribution >= 0.6 is 0 Å². The van der Waals surface area contributed by atoms with Crippen molar-refractivity contribution in [1.29, 1.82) is 0 Å². The van der Waals surface area contributed by atoms with Crippen molar-refractivity contribution in [3.8, 4) is 0 Å². The normalized spacial score (nSPS) is 17.5. The minimum Gasteiger partial charge on any atom is -0.310 e. The second-order valence-electron chi connectivity index (χ2n) is 6.14. The van der Waals surface area contributed by atoms with Crippen LogP contribution in [-0.4, -0.2) is 6.54 Å². The van der Waals surface area contributed by atoms with Crippen molar-refractivity contribution in [2.24, 2.45) is 5.92 Å². The van der Waals surface area contributed by atoms with Crippen LogP contribution in [0, 0.1) is 11.7 Å². The maximum absolute atomic E-state index is 13.0. The van der Waals surface area contributed by atoms with Gasteiger partial charge in [-0.25, -0.2) is 4.39 Å². The number of hydrogen-bond acceptors (Lipinski definition) is 1. The summed E-state index contributed by atoms with van der Waals surface area (Å²) in [6, 6.07) is 7.40. The number of nitrogens with one attached hydrogen (secondary N) is 1. The molecule has 0 saturated heterocycles. The molecule has 0 radical (unpaired) electrons. The van der Waals surface area contributed by atoms with E-state index >= 15 is 0 Å². The molecule has 0 bridgehead atoms. The van der Waals surface area contributed by atoms with E-state index in [2.05, 4.69) is 12.2 Å². The van der Waals surface area contributed by atoms with Gasteiger partial charge in [-0.3, -0.25) is 0 Å². The predicted octanol–water partition coefficient (Wildman–Crippen LogP) is 5.23. The monoisotopic (exact) mass is 277 g/mol. The van der Waals surface area contributed by atoms with Crippen molar-refractivity contribution in [3.63, 3.8) is 0 Å². The van der Waals surface area contributed by atoms with E-state index in [4.69, 9.17) is 0 Å². The van der Waals surface area contributed by atoms with Crippen LogP contribution in [0.2, 0.25) is 0 Å². The molecule has 1 atom stereocenters. The van der Waals surface area contributed by atoms with E-state index in [1.54, 1.807) is 12.1 Å². The lowest BCUT2D eigenvalue weighted by Crippen LogP contribution is -2.23. The fourth-order valence-electron chi connectivity index (χ4n) is 3.25. The maximum Gasteiger partial charge on any atom is 0.123 e. The van der Waals surface area contributed by atoms with Crippen LogP contribution in [0.15, 0.2) is 24.3 Å². The molecule has 2 rings (SSSR count). The van der Waals surface area contributed by atoms with E-state index in [1.165, 1.54) is 50.5 Å². The maximum atomic E-state index is 13.0. The molecular formula is C18H28FN. The number of halogens is 1. The fraction of sp³-hybridized carbons (Fsp3) is 0.667. The van der Waals surface area contributed by atoms with Gasteiger partial charge in [0.15, 0.2) is 0 Å². The summed E-state index contributed by atoms with van der Waals surface area (Å²) in [7, 11) is 0. The Hall–Kier alpha value is -0.890. The van der Waals surface area contributed by atoms with Gasteiger partial charge in [0.2, 0.25) is 0 Å². The number of hydrogen-bond donors (Lipinski definition) is 1. The summed E-state index contributed by atoms with van der Waals surface area (Å²) in [6.45, 7) is 3.32. The zero-order chi connectivity index (χ0) is 14.2. The Morgan fingerprint density at radius 1 is 1.20 bits per heavy atom. The Labute approximate surface area is 123 Å². The van der Waals surface area contributed by atoms with Crippen molar-refractivity contribution in [1.82, 2.24) is 5.32 Å². The minimum absolute atomic E-state index is 0.144. The molecule has 0 spiro atoms. The molecule has 20 heavy (non-hydrogen) atoms. The molecule has 1 aromatic carbocycles. The lowest BCUT2D eigenvalue weighted by atomic mass is 9.99. The van der Waals surface area contributed by atoms with E-state index < -0.39 is 0 Å². The lowest BCUT2D eigenvalue weighted by molar-refractivity contribution is 0.425. The molecule has 1 fully saturated rings. The Morgan fingerprint density at radius 3 is 2.55 bits per heavy atom. The Kier molecular flexibility index (Phi) is 6.52. The molecule has 0 aromatic heterocycles. The molecule has 1 nitrogen and oxygen atoms in total. The van der Waals surface area contributed by atoms with Gasteiger partial charge in [-0.1, -0.05) is 57.6 Å². The third-order valence-electron chi connectivity index (χ3n) is 4.54. The second kappa shape index (κ2) is 8.41. The molecule has 1 aliphatic rings. The summed E-state index contributed by atoms with van der Waals surface area (Å²) in [5, 5.41) is 3.69. The van der Waals surface area contributed by atoms with Gasteiger partial charge in [-0.05, 0) is 43.0 Å². The van der Waals surface area contributed by atoms with Crippen molar-refractivity contribution >= 4 is 0 Å². The Balaban J connectivity index is 1.84. The number of unbranched alkanes of at least 4 members (excludes halogenated alkanes) is 1. The van der Waals surface area contributed by atoms with Crippen LogP contribution < -0.4 is 5.32 Å². The molecule has 0 heterocycles. The number of benzene rings is 1. The summed E-state index contributed by atoms with van der Waals surface area (Å²) >= 11 is 0. The summed E-state index contributed by atoms with van der Waals surface area (Å²) in [5.74, 6) is 0.788. The summed E-state index contributed by atoms with van der Waals surface area (Å²) in [5.41, 5.74) is 1.23. The van der Waals surface area contributed by atoms with Crippen molar-refractivity contribution < 1.29 is 4.39 Å². The topological polar surface area (TPSA) is 12.0 Å². The Bertz CT molecular complexity index is 368. The van der Waals surface area contributed by atoms with Crippen molar-refractivity contribution in [2.45, 2.75) is 64.3 Å². The quantitative estimate of drug-likeness (QED) is 0.686. The van der Waals surface area contributed by atoms with E-state index in [9.17, 15) is 4.39 Å². The zero-order valence-corrected chi connectivity index (χ0v) is 12.7. The first-order chi connectivity index (χ1) is 9.79. The van der Waals surface area contributed by atoms with E-state index in [0.717, 1.165) is 18.9 Å². The third kappa shape index (κ3) is 4.90. The van der Waals surface area contributed by atoms with Crippen LogP contribution in [0.25, 0.3) is 0 Å². The van der Waals surface area contributed by atoms with E-state index in [-0.39, 0.29) is 5.82 Å². The highest BCUT2D eigenvalue weighted by molar-refractivity contribution is 5.19. The first-order valence-corrected chi connectivity index (χ1v) is 8.28. The van der Waals surface area contributed by atoms with Crippen molar-refractivity contribution in [2.75, 3.05) is 6.54 Å². The van der Waals surface area contributed by atoms with Gasteiger partial charge in [0.1, 0.15) is 5.82 Å². The first-order valence-electron chi connectivity index (χ1n) is 8.28. The van der Waals surface area contributed by atoms with Gasteiger partial charge >= 0.3 is 0 Å². The van der Waals surface area contributed by atoms with Gasteiger partial charge in [0.05, 0.1) is 0 Å². The fourth-order valence-corrected chi connectivity index (χ4v) is 3.25. The second-order valence-corrected chi connectivity index (χ2v) is 6.14. The van der Waals surface area contributed by atoms with E-state index in [1.807, 2.05) is 12.1 Å². The average Bonchev–Trinajstić information content (AvgIpc) is 2.97. The molecule has 0 amide bonds. The summed E-state index contributed by atoms with van der Waals surface area (Å²) < 4.78 is 13.0. The standard InChI is InChI=1S/C18H28FN/c1-2-3-8-18(16-9-11-17(19)12-10-16)20-14-13-15-6-4-5-7-15/h9-12,15,18,20H,2-8,13-14H2,1H3. The zero-order valence-electron chi connectivity index (χ0n) is 12.7. The smallest absolute Gasteiger partial charge is 0.123 e. The first kappa shape index (κ1) is 15.5. The molecule has 1 aromatic rings. The largest absolute Gasteiger partial charge is 0.310 e. The molecule has 1 aliphatic carbocycles. The van der Waals surface area contributed by atoms with E-state index in [0.29, 0.717) is 6.04 Å². The third-order valence-corrected chi connectivity index (χ3v) is 4.54. The SMILES string of the molecule is CCCCC(NCCC1CCCC1)c1ccc(F)cc1. The molecular weight excluding hydrogens is 249 g/mol. The summed E-state index contributed by atoms with van der Waals surface area (Å²) in [6.07, 6.45) is 10.5. The molecule has 2 heteroatoms. The highest BCUT2D eigenvalue weighted by Gasteiger charge is 2.16. The predicted molar refractivity (Wildman–Crippen MR) is 83.2 cm³/mol. The van der Waals surface area contributed by atoms with Crippen LogP contribution in [0.3, 0.4) is 0 Å². The summed E-state index contributed by atoms with van der Waals surface area (Å²) in [4.78, 5) is 0. The molecule has 1 unspecified atom stereocenters. The van der Waals surface area contributed by atoms with Crippen LogP contribution in [0.4, 0.5) is 4.39 Å². The minimum atomic E-state index is -0.144. The Morgan fingerprint density at radius 2 is 1.90 bits per heavy atom. The van der Waals surface area contributed by atoms with Crippen LogP contribution in [0.1, 0.15) is 69.9 Å². The molecule has 1 N–H and O–H groups in total. The van der Waals surface area contributed by atoms with Crippen molar-refractivity contribution in [3.05, 3.63) is 35.6 Å². The molecule has 112 valence electrons. The van der Waals surface area contributed by atoms with Crippen LogP contribution in [0.5, 0.6) is 0 Å². The number of rotatable bonds is 8.